The Kier molecular flexibility index (Phi) is 4.45. The predicted octanol–water partition coefficient (Wildman–Crippen LogP) is 1.57. The largest absolute Gasteiger partial charge is 0.330 e. The standard InChI is InChI=1S/C11H15BrN2O3/c1-3-5-7-14-9(16)11(12,6-4-2)8(15)13-10(14)17/h4H,2-3,5-7H2,1H3,(H,13,15,17). The number of carbonyl (C=O) groups is 3. The van der Waals surface area contributed by atoms with Crippen LogP contribution in [0.5, 0.6) is 0 Å². The minimum Gasteiger partial charge on any atom is -0.276 e. The van der Waals surface area contributed by atoms with Crippen LogP contribution in [0, 0.1) is 0 Å². The van der Waals surface area contributed by atoms with Crippen molar-refractivity contribution >= 4 is 33.8 Å². The first-order valence-corrected chi connectivity index (χ1v) is 6.23. The number of rotatable bonds is 5. The molecule has 1 saturated heterocycles. The van der Waals surface area contributed by atoms with E-state index < -0.39 is 22.2 Å². The first kappa shape index (κ1) is 13.9. The van der Waals surface area contributed by atoms with Gasteiger partial charge in [-0.2, -0.15) is 0 Å². The molecule has 4 amide bonds. The molecule has 1 unspecified atom stereocenters. The number of halogens is 1. The summed E-state index contributed by atoms with van der Waals surface area (Å²) in [6.45, 7) is 5.79. The zero-order valence-electron chi connectivity index (χ0n) is 9.66. The molecule has 1 heterocycles. The molecule has 0 aromatic carbocycles. The molecule has 0 bridgehead atoms. The topological polar surface area (TPSA) is 66.5 Å². The van der Waals surface area contributed by atoms with Gasteiger partial charge in [-0.25, -0.2) is 4.79 Å². The number of carbonyl (C=O) groups excluding carboxylic acids is 3. The van der Waals surface area contributed by atoms with Crippen LogP contribution in [-0.4, -0.2) is 33.6 Å². The zero-order valence-corrected chi connectivity index (χ0v) is 11.2. The average molecular weight is 303 g/mol. The fourth-order valence-corrected chi connectivity index (χ4v) is 2.11. The number of hydrogen-bond acceptors (Lipinski definition) is 3. The van der Waals surface area contributed by atoms with Gasteiger partial charge in [-0.15, -0.1) is 6.58 Å². The second-order valence-corrected chi connectivity index (χ2v) is 5.22. The number of unbranched alkanes of at least 4 members (excludes halogenated alkanes) is 1. The zero-order chi connectivity index (χ0) is 13.1. The smallest absolute Gasteiger partial charge is 0.276 e. The maximum Gasteiger partial charge on any atom is 0.330 e. The first-order chi connectivity index (χ1) is 7.97. The molecule has 1 atom stereocenters. The van der Waals surface area contributed by atoms with Crippen LogP contribution in [0.3, 0.4) is 0 Å². The summed E-state index contributed by atoms with van der Waals surface area (Å²) in [4.78, 5) is 36.4. The quantitative estimate of drug-likeness (QED) is 0.476. The maximum atomic E-state index is 12.1. The summed E-state index contributed by atoms with van der Waals surface area (Å²) in [5.74, 6) is -1.14. The SMILES string of the molecule is C=CCC1(Br)C(=O)NC(=O)N(CCCC)C1=O. The average Bonchev–Trinajstić information content (AvgIpc) is 2.27. The van der Waals surface area contributed by atoms with E-state index in [1.165, 1.54) is 6.08 Å². The van der Waals surface area contributed by atoms with Gasteiger partial charge < -0.3 is 0 Å². The van der Waals surface area contributed by atoms with Crippen molar-refractivity contribution in [3.8, 4) is 0 Å². The first-order valence-electron chi connectivity index (χ1n) is 5.44. The lowest BCUT2D eigenvalue weighted by Crippen LogP contribution is -2.65. The third-order valence-corrected chi connectivity index (χ3v) is 3.59. The third-order valence-electron chi connectivity index (χ3n) is 2.57. The van der Waals surface area contributed by atoms with Gasteiger partial charge in [-0.3, -0.25) is 19.8 Å². The third kappa shape index (κ3) is 2.57. The second kappa shape index (κ2) is 5.44. The van der Waals surface area contributed by atoms with Gasteiger partial charge in [0.2, 0.25) is 0 Å². The highest BCUT2D eigenvalue weighted by Crippen LogP contribution is 2.29. The Hall–Kier alpha value is -1.17. The molecule has 5 nitrogen and oxygen atoms in total. The Balaban J connectivity index is 2.94. The molecule has 0 spiro atoms. The van der Waals surface area contributed by atoms with Gasteiger partial charge in [0.25, 0.3) is 11.8 Å². The lowest BCUT2D eigenvalue weighted by Gasteiger charge is -2.35. The molecule has 0 aromatic rings. The van der Waals surface area contributed by atoms with Crippen LogP contribution in [0.2, 0.25) is 0 Å². The molecule has 17 heavy (non-hydrogen) atoms. The number of allylic oxidation sites excluding steroid dienone is 1. The van der Waals surface area contributed by atoms with Crippen LogP contribution < -0.4 is 5.32 Å². The summed E-state index contributed by atoms with van der Waals surface area (Å²) in [7, 11) is 0. The molecule has 0 saturated carbocycles. The number of alkyl halides is 1. The molecular weight excluding hydrogens is 288 g/mol. The lowest BCUT2D eigenvalue weighted by atomic mass is 10.0. The summed E-state index contributed by atoms with van der Waals surface area (Å²) in [5, 5.41) is 2.18. The Labute approximate surface area is 108 Å². The predicted molar refractivity (Wildman–Crippen MR) is 66.6 cm³/mol. The molecule has 1 rings (SSSR count). The summed E-state index contributed by atoms with van der Waals surface area (Å²) >= 11 is 3.12. The Morgan fingerprint density at radius 3 is 2.65 bits per heavy atom. The molecule has 6 heteroatoms. The Morgan fingerprint density at radius 1 is 1.47 bits per heavy atom. The Morgan fingerprint density at radius 2 is 2.12 bits per heavy atom. The van der Waals surface area contributed by atoms with Gasteiger partial charge in [0.1, 0.15) is 0 Å². The molecule has 1 fully saturated rings. The van der Waals surface area contributed by atoms with Crippen LogP contribution in [0.1, 0.15) is 26.2 Å². The minimum absolute atomic E-state index is 0.146. The number of imide groups is 2. The minimum atomic E-state index is -1.39. The van der Waals surface area contributed by atoms with Crippen LogP contribution >= 0.6 is 15.9 Å². The van der Waals surface area contributed by atoms with Gasteiger partial charge in [0.05, 0.1) is 0 Å². The van der Waals surface area contributed by atoms with Crippen molar-refractivity contribution in [2.24, 2.45) is 0 Å². The molecule has 1 N–H and O–H groups in total. The van der Waals surface area contributed by atoms with E-state index >= 15 is 0 Å². The lowest BCUT2D eigenvalue weighted by molar-refractivity contribution is -0.139. The fraction of sp³-hybridized carbons (Fsp3) is 0.545. The van der Waals surface area contributed by atoms with Gasteiger partial charge in [-0.1, -0.05) is 35.4 Å². The van der Waals surface area contributed by atoms with Crippen LogP contribution in [0.25, 0.3) is 0 Å². The normalized spacial score (nSPS) is 24.8. The van der Waals surface area contributed by atoms with Crippen LogP contribution in [0.4, 0.5) is 4.79 Å². The van der Waals surface area contributed by atoms with E-state index in [0.29, 0.717) is 13.0 Å². The van der Waals surface area contributed by atoms with Crippen molar-refractivity contribution < 1.29 is 14.4 Å². The highest BCUT2D eigenvalue weighted by Gasteiger charge is 2.51. The van der Waals surface area contributed by atoms with E-state index in [1.807, 2.05) is 6.92 Å². The van der Waals surface area contributed by atoms with E-state index in [0.717, 1.165) is 11.3 Å². The highest BCUT2D eigenvalue weighted by molar-refractivity contribution is 9.10. The molecule has 1 aliphatic rings. The van der Waals surface area contributed by atoms with Crippen molar-refractivity contribution in [3.63, 3.8) is 0 Å². The summed E-state index contributed by atoms with van der Waals surface area (Å²) in [6.07, 6.45) is 3.19. The van der Waals surface area contributed by atoms with Crippen molar-refractivity contribution in [3.05, 3.63) is 12.7 Å². The van der Waals surface area contributed by atoms with E-state index in [-0.39, 0.29) is 6.42 Å². The number of hydrogen-bond donors (Lipinski definition) is 1. The summed E-state index contributed by atoms with van der Waals surface area (Å²) < 4.78 is -1.39. The molecule has 94 valence electrons. The molecule has 0 aliphatic carbocycles. The van der Waals surface area contributed by atoms with Gasteiger partial charge in [0, 0.05) is 6.54 Å². The van der Waals surface area contributed by atoms with E-state index in [2.05, 4.69) is 27.8 Å². The van der Waals surface area contributed by atoms with Gasteiger partial charge in [-0.05, 0) is 12.8 Å². The van der Waals surface area contributed by atoms with Gasteiger partial charge in [0.15, 0.2) is 4.32 Å². The van der Waals surface area contributed by atoms with E-state index in [4.69, 9.17) is 0 Å². The number of nitrogens with zero attached hydrogens (tertiary/aromatic N) is 1. The van der Waals surface area contributed by atoms with Crippen LogP contribution in [-0.2, 0) is 9.59 Å². The number of nitrogens with one attached hydrogen (secondary N) is 1. The highest BCUT2D eigenvalue weighted by atomic mass is 79.9. The maximum absolute atomic E-state index is 12.1. The van der Waals surface area contributed by atoms with Crippen LogP contribution in [0.15, 0.2) is 12.7 Å². The fourth-order valence-electron chi connectivity index (χ4n) is 1.57. The molecule has 1 aliphatic heterocycles. The summed E-state index contributed by atoms with van der Waals surface area (Å²) in [6, 6.07) is -0.646. The molecular formula is C11H15BrN2O3. The number of amides is 4. The van der Waals surface area contributed by atoms with Crippen molar-refractivity contribution in [1.29, 1.82) is 0 Å². The van der Waals surface area contributed by atoms with E-state index in [1.54, 1.807) is 0 Å². The van der Waals surface area contributed by atoms with Crippen molar-refractivity contribution in [1.82, 2.24) is 10.2 Å². The van der Waals surface area contributed by atoms with Gasteiger partial charge >= 0.3 is 6.03 Å². The monoisotopic (exact) mass is 302 g/mol. The number of barbiturate groups is 1. The second-order valence-electron chi connectivity index (χ2n) is 3.86. The van der Waals surface area contributed by atoms with Crippen molar-refractivity contribution in [2.45, 2.75) is 30.5 Å². The summed E-state index contributed by atoms with van der Waals surface area (Å²) in [5.41, 5.74) is 0. The number of urea groups is 1. The molecule has 0 radical (unpaired) electrons. The molecule has 0 aromatic heterocycles. The van der Waals surface area contributed by atoms with Crippen molar-refractivity contribution in [2.75, 3.05) is 6.54 Å². The van der Waals surface area contributed by atoms with E-state index in [9.17, 15) is 14.4 Å². The Bertz CT molecular complexity index is 370.